The number of para-hydroxylation sites is 1. The van der Waals surface area contributed by atoms with Crippen molar-refractivity contribution in [3.8, 4) is 5.75 Å². The first kappa shape index (κ1) is 15.8. The van der Waals surface area contributed by atoms with Gasteiger partial charge in [0, 0.05) is 36.8 Å². The summed E-state index contributed by atoms with van der Waals surface area (Å²) in [5.41, 5.74) is 2.01. The molecule has 0 aromatic heterocycles. The second-order valence-corrected chi connectivity index (χ2v) is 5.48. The molecular formula is C17H20ClNO2. The van der Waals surface area contributed by atoms with Gasteiger partial charge in [-0.2, -0.15) is 0 Å². The smallest absolute Gasteiger partial charge is 0.120 e. The number of aliphatic hydroxyl groups is 1. The van der Waals surface area contributed by atoms with E-state index in [9.17, 15) is 5.11 Å². The Hall–Kier alpha value is -1.55. The van der Waals surface area contributed by atoms with Crippen molar-refractivity contribution in [3.05, 3.63) is 64.7 Å². The van der Waals surface area contributed by atoms with Crippen LogP contribution < -0.4 is 0 Å². The van der Waals surface area contributed by atoms with Gasteiger partial charge in [0.1, 0.15) is 5.75 Å². The molecule has 0 fully saturated rings. The Morgan fingerprint density at radius 2 is 1.81 bits per heavy atom. The van der Waals surface area contributed by atoms with Crippen LogP contribution in [0.2, 0.25) is 5.02 Å². The molecule has 0 bridgehead atoms. The van der Waals surface area contributed by atoms with Crippen LogP contribution in [-0.2, 0) is 13.1 Å². The Morgan fingerprint density at radius 3 is 2.52 bits per heavy atom. The molecule has 2 aromatic rings. The van der Waals surface area contributed by atoms with Crippen molar-refractivity contribution < 1.29 is 10.2 Å². The van der Waals surface area contributed by atoms with Gasteiger partial charge in [0.15, 0.2) is 0 Å². The maximum Gasteiger partial charge on any atom is 0.120 e. The lowest BCUT2D eigenvalue weighted by molar-refractivity contribution is 0.211. The fourth-order valence-corrected chi connectivity index (χ4v) is 2.50. The molecule has 0 aliphatic heterocycles. The minimum Gasteiger partial charge on any atom is -0.508 e. The summed E-state index contributed by atoms with van der Waals surface area (Å²) in [5.74, 6) is 0.303. The van der Waals surface area contributed by atoms with E-state index in [2.05, 4.69) is 4.90 Å². The third-order valence-corrected chi connectivity index (χ3v) is 3.55. The number of phenolic OH excluding ortho intramolecular Hbond substituents is 1. The highest BCUT2D eigenvalue weighted by atomic mass is 35.5. The second-order valence-electron chi connectivity index (χ2n) is 5.05. The van der Waals surface area contributed by atoms with Gasteiger partial charge in [-0.1, -0.05) is 41.9 Å². The maximum atomic E-state index is 9.90. The zero-order chi connectivity index (χ0) is 15.1. The molecule has 0 radical (unpaired) electrons. The van der Waals surface area contributed by atoms with E-state index in [1.165, 1.54) is 0 Å². The van der Waals surface area contributed by atoms with Crippen molar-refractivity contribution in [1.82, 2.24) is 4.90 Å². The van der Waals surface area contributed by atoms with Crippen LogP contribution in [0, 0.1) is 0 Å². The molecule has 2 aromatic carbocycles. The van der Waals surface area contributed by atoms with Gasteiger partial charge in [-0.25, -0.2) is 0 Å². The number of halogens is 1. The fourth-order valence-electron chi connectivity index (χ4n) is 2.29. The largest absolute Gasteiger partial charge is 0.508 e. The van der Waals surface area contributed by atoms with E-state index >= 15 is 0 Å². The van der Waals surface area contributed by atoms with Crippen LogP contribution >= 0.6 is 11.6 Å². The molecule has 0 aliphatic rings. The summed E-state index contributed by atoms with van der Waals surface area (Å²) >= 11 is 6.02. The lowest BCUT2D eigenvalue weighted by Crippen LogP contribution is -2.24. The third-order valence-electron chi connectivity index (χ3n) is 3.31. The van der Waals surface area contributed by atoms with Crippen LogP contribution in [-0.4, -0.2) is 28.3 Å². The Bertz CT molecular complexity index is 574. The zero-order valence-electron chi connectivity index (χ0n) is 11.9. The van der Waals surface area contributed by atoms with Gasteiger partial charge in [-0.05, 0) is 30.2 Å². The van der Waals surface area contributed by atoms with E-state index in [0.717, 1.165) is 29.2 Å². The van der Waals surface area contributed by atoms with Gasteiger partial charge in [-0.3, -0.25) is 4.90 Å². The molecule has 0 saturated carbocycles. The molecule has 2 rings (SSSR count). The monoisotopic (exact) mass is 305 g/mol. The molecule has 21 heavy (non-hydrogen) atoms. The molecule has 0 atom stereocenters. The fraction of sp³-hybridized carbons (Fsp3) is 0.294. The Morgan fingerprint density at radius 1 is 1.00 bits per heavy atom. The van der Waals surface area contributed by atoms with Gasteiger partial charge in [0.25, 0.3) is 0 Å². The number of nitrogens with zero attached hydrogens (tertiary/aromatic N) is 1. The number of aromatic hydroxyl groups is 1. The van der Waals surface area contributed by atoms with E-state index in [4.69, 9.17) is 16.7 Å². The van der Waals surface area contributed by atoms with Crippen LogP contribution in [0.25, 0.3) is 0 Å². The molecule has 4 heteroatoms. The molecule has 0 saturated heterocycles. The molecule has 0 heterocycles. The van der Waals surface area contributed by atoms with E-state index in [1.807, 2.05) is 42.5 Å². The summed E-state index contributed by atoms with van der Waals surface area (Å²) in [6, 6.07) is 15.1. The third kappa shape index (κ3) is 5.05. The van der Waals surface area contributed by atoms with Gasteiger partial charge in [0.2, 0.25) is 0 Å². The Balaban J connectivity index is 2.09. The standard InChI is InChI=1S/C17H20ClNO2/c18-16-7-3-5-14(11-16)12-19(9-4-10-20)13-15-6-1-2-8-17(15)21/h1-3,5-8,11,20-21H,4,9-10,12-13H2. The predicted molar refractivity (Wildman–Crippen MR) is 85.4 cm³/mol. The summed E-state index contributed by atoms with van der Waals surface area (Å²) in [6.07, 6.45) is 0.703. The molecule has 0 unspecified atom stereocenters. The second kappa shape index (κ2) is 8.03. The minimum atomic E-state index is 0.160. The highest BCUT2D eigenvalue weighted by molar-refractivity contribution is 6.30. The zero-order valence-corrected chi connectivity index (χ0v) is 12.6. The van der Waals surface area contributed by atoms with Crippen molar-refractivity contribution in [3.63, 3.8) is 0 Å². The lowest BCUT2D eigenvalue weighted by Gasteiger charge is -2.22. The van der Waals surface area contributed by atoms with Gasteiger partial charge < -0.3 is 10.2 Å². The average molecular weight is 306 g/mol. The molecule has 3 nitrogen and oxygen atoms in total. The highest BCUT2D eigenvalue weighted by Gasteiger charge is 2.09. The van der Waals surface area contributed by atoms with Crippen molar-refractivity contribution in [1.29, 1.82) is 0 Å². The average Bonchev–Trinajstić information content (AvgIpc) is 2.47. The first-order chi connectivity index (χ1) is 10.2. The summed E-state index contributed by atoms with van der Waals surface area (Å²) in [7, 11) is 0. The molecule has 0 aliphatic carbocycles. The minimum absolute atomic E-state index is 0.160. The summed E-state index contributed by atoms with van der Waals surface area (Å²) in [4.78, 5) is 2.19. The topological polar surface area (TPSA) is 43.7 Å². The van der Waals surface area contributed by atoms with Crippen LogP contribution in [0.5, 0.6) is 5.75 Å². The quantitative estimate of drug-likeness (QED) is 0.823. The first-order valence-corrected chi connectivity index (χ1v) is 7.41. The van der Waals surface area contributed by atoms with E-state index < -0.39 is 0 Å². The van der Waals surface area contributed by atoms with Gasteiger partial charge in [0.05, 0.1) is 0 Å². The maximum absolute atomic E-state index is 9.90. The van der Waals surface area contributed by atoms with Crippen LogP contribution in [0.3, 0.4) is 0 Å². The van der Waals surface area contributed by atoms with Gasteiger partial charge in [-0.15, -0.1) is 0 Å². The number of phenols is 1. The Labute approximate surface area is 130 Å². The van der Waals surface area contributed by atoms with Crippen molar-refractivity contribution in [2.24, 2.45) is 0 Å². The van der Waals surface area contributed by atoms with Gasteiger partial charge >= 0.3 is 0 Å². The van der Waals surface area contributed by atoms with Crippen LogP contribution in [0.4, 0.5) is 0 Å². The molecule has 112 valence electrons. The number of rotatable bonds is 7. The summed E-state index contributed by atoms with van der Waals surface area (Å²) in [6.45, 7) is 2.29. The lowest BCUT2D eigenvalue weighted by atomic mass is 10.1. The molecule has 2 N–H and O–H groups in total. The Kier molecular flexibility index (Phi) is 6.05. The predicted octanol–water partition coefficient (Wildman–Crippen LogP) is 3.43. The summed E-state index contributed by atoms with van der Waals surface area (Å²) < 4.78 is 0. The summed E-state index contributed by atoms with van der Waals surface area (Å²) in [5, 5.41) is 19.7. The van der Waals surface area contributed by atoms with E-state index in [1.54, 1.807) is 6.07 Å². The highest BCUT2D eigenvalue weighted by Crippen LogP contribution is 2.20. The number of hydrogen-bond donors (Lipinski definition) is 2. The van der Waals surface area contributed by atoms with Crippen molar-refractivity contribution in [2.75, 3.05) is 13.2 Å². The normalized spacial score (nSPS) is 11.0. The van der Waals surface area contributed by atoms with Crippen molar-refractivity contribution in [2.45, 2.75) is 19.5 Å². The number of aliphatic hydroxyl groups excluding tert-OH is 1. The molecule has 0 amide bonds. The number of benzene rings is 2. The van der Waals surface area contributed by atoms with E-state index in [0.29, 0.717) is 18.7 Å². The van der Waals surface area contributed by atoms with Crippen LogP contribution in [0.15, 0.2) is 48.5 Å². The van der Waals surface area contributed by atoms with Crippen molar-refractivity contribution >= 4 is 11.6 Å². The van der Waals surface area contributed by atoms with E-state index in [-0.39, 0.29) is 6.61 Å². The van der Waals surface area contributed by atoms with Crippen LogP contribution in [0.1, 0.15) is 17.5 Å². The number of hydrogen-bond acceptors (Lipinski definition) is 3. The molecule has 0 spiro atoms. The first-order valence-electron chi connectivity index (χ1n) is 7.03. The SMILES string of the molecule is OCCCN(Cc1cccc(Cl)c1)Cc1ccccc1O. The molecular weight excluding hydrogens is 286 g/mol.